The number of para-hydroxylation sites is 1. The first-order chi connectivity index (χ1) is 18.0. The van der Waals surface area contributed by atoms with E-state index in [1.54, 1.807) is 18.2 Å². The Labute approximate surface area is 233 Å². The van der Waals surface area contributed by atoms with Gasteiger partial charge in [0.25, 0.3) is 11.1 Å². The molecule has 1 heterocycles. The molecule has 3 aromatic rings. The van der Waals surface area contributed by atoms with Crippen LogP contribution in [-0.4, -0.2) is 35.8 Å². The Morgan fingerprint density at radius 1 is 1.03 bits per heavy atom. The lowest BCUT2D eigenvalue weighted by molar-refractivity contribution is -0.123. The van der Waals surface area contributed by atoms with Crippen LogP contribution in [0, 0.1) is 14.9 Å². The van der Waals surface area contributed by atoms with Crippen molar-refractivity contribution in [2.24, 2.45) is 0 Å². The number of hydrogen-bond donors (Lipinski definition) is 0. The second-order valence-electron chi connectivity index (χ2n) is 7.82. The van der Waals surface area contributed by atoms with E-state index in [0.29, 0.717) is 39.9 Å². The van der Waals surface area contributed by atoms with Crippen LogP contribution in [0.25, 0.3) is 6.08 Å². The van der Waals surface area contributed by atoms with E-state index < -0.39 is 0 Å². The number of hydrogen-bond acceptors (Lipinski definition) is 7. The van der Waals surface area contributed by atoms with Gasteiger partial charge in [0, 0.05) is 5.56 Å². The summed E-state index contributed by atoms with van der Waals surface area (Å²) in [6, 6.07) is 22.3. The SMILES string of the molecule is CCOc1cc(/C=C2\SC(=O)N(CCOc3ccccc3)C2=O)cc(I)c1OCc1ccccc1C#N. The van der Waals surface area contributed by atoms with Crippen LogP contribution in [-0.2, 0) is 11.4 Å². The van der Waals surface area contributed by atoms with E-state index in [1.807, 2.05) is 61.5 Å². The predicted octanol–water partition coefficient (Wildman–Crippen LogP) is 6.26. The van der Waals surface area contributed by atoms with Crippen molar-refractivity contribution >= 4 is 51.6 Å². The molecular weight excluding hydrogens is 603 g/mol. The highest BCUT2D eigenvalue weighted by Crippen LogP contribution is 2.38. The number of carbonyl (C=O) groups excluding carboxylic acids is 2. The lowest BCUT2D eigenvalue weighted by Crippen LogP contribution is -2.32. The maximum absolute atomic E-state index is 12.9. The van der Waals surface area contributed by atoms with Crippen LogP contribution in [0.1, 0.15) is 23.6 Å². The Morgan fingerprint density at radius 2 is 1.78 bits per heavy atom. The summed E-state index contributed by atoms with van der Waals surface area (Å²) in [5.41, 5.74) is 2.04. The molecule has 0 aromatic heterocycles. The summed E-state index contributed by atoms with van der Waals surface area (Å²) < 4.78 is 18.3. The normalized spacial score (nSPS) is 14.1. The van der Waals surface area contributed by atoms with Crippen molar-refractivity contribution in [3.63, 3.8) is 0 Å². The number of benzene rings is 3. The molecule has 0 saturated carbocycles. The molecule has 2 amide bonds. The molecule has 4 rings (SSSR count). The van der Waals surface area contributed by atoms with E-state index in [4.69, 9.17) is 14.2 Å². The van der Waals surface area contributed by atoms with E-state index >= 15 is 0 Å². The Kier molecular flexibility index (Phi) is 9.09. The molecule has 1 fully saturated rings. The zero-order valence-electron chi connectivity index (χ0n) is 20.0. The second-order valence-corrected chi connectivity index (χ2v) is 9.97. The van der Waals surface area contributed by atoms with E-state index in [1.165, 1.54) is 4.90 Å². The van der Waals surface area contributed by atoms with Crippen molar-refractivity contribution in [2.75, 3.05) is 19.8 Å². The summed E-state index contributed by atoms with van der Waals surface area (Å²) in [6.45, 7) is 2.88. The second kappa shape index (κ2) is 12.7. The van der Waals surface area contributed by atoms with E-state index in [2.05, 4.69) is 28.7 Å². The zero-order chi connectivity index (χ0) is 26.2. The average Bonchev–Trinajstić information content (AvgIpc) is 3.16. The molecule has 1 saturated heterocycles. The van der Waals surface area contributed by atoms with Gasteiger partial charge in [-0.15, -0.1) is 0 Å². The van der Waals surface area contributed by atoms with Crippen molar-refractivity contribution in [3.8, 4) is 23.3 Å². The molecule has 0 aliphatic carbocycles. The van der Waals surface area contributed by atoms with Gasteiger partial charge >= 0.3 is 0 Å². The molecule has 9 heteroatoms. The van der Waals surface area contributed by atoms with Gasteiger partial charge in [0.2, 0.25) is 0 Å². The third-order valence-electron chi connectivity index (χ3n) is 5.34. The summed E-state index contributed by atoms with van der Waals surface area (Å²) in [7, 11) is 0. The van der Waals surface area contributed by atoms with Crippen LogP contribution in [0.3, 0.4) is 0 Å². The summed E-state index contributed by atoms with van der Waals surface area (Å²) in [4.78, 5) is 26.9. The third kappa shape index (κ3) is 6.64. The van der Waals surface area contributed by atoms with Gasteiger partial charge in [-0.2, -0.15) is 5.26 Å². The van der Waals surface area contributed by atoms with Crippen LogP contribution in [0.4, 0.5) is 4.79 Å². The van der Waals surface area contributed by atoms with Gasteiger partial charge < -0.3 is 14.2 Å². The van der Waals surface area contributed by atoms with Crippen molar-refractivity contribution in [2.45, 2.75) is 13.5 Å². The number of nitriles is 1. The molecule has 0 N–H and O–H groups in total. The van der Waals surface area contributed by atoms with Crippen molar-refractivity contribution < 1.29 is 23.8 Å². The van der Waals surface area contributed by atoms with Gasteiger partial charge in [-0.1, -0.05) is 36.4 Å². The van der Waals surface area contributed by atoms with Crippen LogP contribution in [0.2, 0.25) is 0 Å². The van der Waals surface area contributed by atoms with Crippen LogP contribution >= 0.6 is 34.4 Å². The van der Waals surface area contributed by atoms with Gasteiger partial charge in [-0.05, 0) is 83.2 Å². The van der Waals surface area contributed by atoms with Gasteiger partial charge in [0.05, 0.1) is 33.3 Å². The lowest BCUT2D eigenvalue weighted by Gasteiger charge is -2.15. The lowest BCUT2D eigenvalue weighted by atomic mass is 10.1. The highest BCUT2D eigenvalue weighted by molar-refractivity contribution is 14.1. The van der Waals surface area contributed by atoms with Crippen molar-refractivity contribution in [1.82, 2.24) is 4.90 Å². The fourth-order valence-electron chi connectivity index (χ4n) is 3.60. The quantitative estimate of drug-likeness (QED) is 0.194. The molecule has 0 unspecified atom stereocenters. The van der Waals surface area contributed by atoms with Crippen LogP contribution in [0.5, 0.6) is 17.2 Å². The fourth-order valence-corrected chi connectivity index (χ4v) is 5.24. The minimum absolute atomic E-state index is 0.162. The number of imide groups is 1. The largest absolute Gasteiger partial charge is 0.492 e. The summed E-state index contributed by atoms with van der Waals surface area (Å²) in [6.07, 6.45) is 1.68. The number of rotatable bonds is 10. The van der Waals surface area contributed by atoms with Crippen LogP contribution < -0.4 is 14.2 Å². The summed E-state index contributed by atoms with van der Waals surface area (Å²) in [5, 5.41) is 9.01. The summed E-state index contributed by atoms with van der Waals surface area (Å²) in [5.74, 6) is 1.40. The topological polar surface area (TPSA) is 88.9 Å². The molecule has 37 heavy (non-hydrogen) atoms. The van der Waals surface area contributed by atoms with Gasteiger partial charge in [-0.3, -0.25) is 14.5 Å². The average molecular weight is 626 g/mol. The van der Waals surface area contributed by atoms with Crippen LogP contribution in [0.15, 0.2) is 71.6 Å². The number of carbonyl (C=O) groups is 2. The number of halogens is 1. The molecule has 1 aliphatic heterocycles. The van der Waals surface area contributed by atoms with Gasteiger partial charge in [0.15, 0.2) is 11.5 Å². The first kappa shape index (κ1) is 26.6. The summed E-state index contributed by atoms with van der Waals surface area (Å²) >= 11 is 3.05. The first-order valence-corrected chi connectivity index (χ1v) is 13.4. The molecular formula is C28H23IN2O5S. The minimum Gasteiger partial charge on any atom is -0.492 e. The molecule has 0 atom stereocenters. The maximum atomic E-state index is 12.9. The monoisotopic (exact) mass is 626 g/mol. The third-order valence-corrected chi connectivity index (χ3v) is 7.05. The van der Waals surface area contributed by atoms with Gasteiger partial charge in [-0.25, -0.2) is 0 Å². The molecule has 188 valence electrons. The fraction of sp³-hybridized carbons (Fsp3) is 0.179. The van der Waals surface area contributed by atoms with E-state index in [-0.39, 0.29) is 30.9 Å². The number of amides is 2. The maximum Gasteiger partial charge on any atom is 0.293 e. The first-order valence-electron chi connectivity index (χ1n) is 11.5. The highest BCUT2D eigenvalue weighted by Gasteiger charge is 2.35. The number of nitrogens with zero attached hydrogens (tertiary/aromatic N) is 2. The van der Waals surface area contributed by atoms with Crippen molar-refractivity contribution in [1.29, 1.82) is 5.26 Å². The van der Waals surface area contributed by atoms with E-state index in [9.17, 15) is 14.9 Å². The predicted molar refractivity (Wildman–Crippen MR) is 150 cm³/mol. The zero-order valence-corrected chi connectivity index (χ0v) is 23.0. The molecule has 7 nitrogen and oxygen atoms in total. The number of thioether (sulfide) groups is 1. The van der Waals surface area contributed by atoms with Crippen molar-refractivity contribution in [3.05, 3.63) is 91.9 Å². The molecule has 1 aliphatic rings. The molecule has 0 bridgehead atoms. The minimum atomic E-state index is -0.354. The molecule has 0 radical (unpaired) electrons. The Hall–Kier alpha value is -3.49. The standard InChI is InChI=1S/C28H23IN2O5S/c1-2-34-24-15-19(14-23(29)26(24)36-18-21-9-7-6-8-20(21)17-30)16-25-27(32)31(28(33)37-25)12-13-35-22-10-4-3-5-11-22/h3-11,14-16H,2,12-13,18H2,1H3/b25-16-. The van der Waals surface area contributed by atoms with E-state index in [0.717, 1.165) is 20.9 Å². The number of ether oxygens (including phenoxy) is 3. The Bertz CT molecular complexity index is 1370. The highest BCUT2D eigenvalue weighted by atomic mass is 127. The van der Waals surface area contributed by atoms with Gasteiger partial charge in [0.1, 0.15) is 19.0 Å². The molecule has 3 aromatic carbocycles. The smallest absolute Gasteiger partial charge is 0.293 e. The Morgan fingerprint density at radius 3 is 2.54 bits per heavy atom. The Balaban J connectivity index is 1.48. The molecule has 0 spiro atoms.